The summed E-state index contributed by atoms with van der Waals surface area (Å²) in [6, 6.07) is 9.61. The number of nitrogens with zero attached hydrogens (tertiary/aromatic N) is 4. The zero-order chi connectivity index (χ0) is 23.2. The number of rotatable bonds is 10. The van der Waals surface area contributed by atoms with E-state index in [1.54, 1.807) is 12.5 Å². The first-order chi connectivity index (χ1) is 16.0. The minimum atomic E-state index is -0.169. The second-order valence-corrected chi connectivity index (χ2v) is 9.48. The van der Waals surface area contributed by atoms with Crippen molar-refractivity contribution in [3.8, 4) is 6.07 Å². The second-order valence-electron chi connectivity index (χ2n) is 7.16. The Labute approximate surface area is 198 Å². The van der Waals surface area contributed by atoms with Crippen LogP contribution in [0.2, 0.25) is 0 Å². The van der Waals surface area contributed by atoms with Crippen LogP contribution in [0.1, 0.15) is 34.8 Å². The topological polar surface area (TPSA) is 122 Å². The quantitative estimate of drug-likeness (QED) is 0.309. The summed E-state index contributed by atoms with van der Waals surface area (Å²) in [6.45, 7) is 4.78. The molecule has 33 heavy (non-hydrogen) atoms. The number of hydrogen-bond acceptors (Lipinski definition) is 9. The van der Waals surface area contributed by atoms with Crippen LogP contribution in [0, 0.1) is 25.2 Å². The van der Waals surface area contributed by atoms with Gasteiger partial charge in [-0.2, -0.15) is 5.26 Å². The van der Waals surface area contributed by atoms with E-state index in [4.69, 9.17) is 8.83 Å². The smallest absolute Gasteiger partial charge is 0.226 e. The van der Waals surface area contributed by atoms with Gasteiger partial charge < -0.3 is 24.0 Å². The van der Waals surface area contributed by atoms with Gasteiger partial charge in [-0.15, -0.1) is 10.2 Å². The lowest BCUT2D eigenvalue weighted by Crippen LogP contribution is -2.17. The van der Waals surface area contributed by atoms with Gasteiger partial charge in [0.05, 0.1) is 31.2 Å². The molecular formula is C22H22N6O3S2. The Morgan fingerprint density at radius 1 is 1.21 bits per heavy atom. The highest BCUT2D eigenvalue weighted by atomic mass is 32.2. The summed E-state index contributed by atoms with van der Waals surface area (Å²) >= 11 is 2.89. The summed E-state index contributed by atoms with van der Waals surface area (Å²) in [5.41, 5.74) is 2.23. The van der Waals surface area contributed by atoms with Crippen molar-refractivity contribution >= 4 is 40.0 Å². The molecule has 0 bridgehead atoms. The highest BCUT2D eigenvalue weighted by molar-refractivity contribution is 8.01. The Bertz CT molecular complexity index is 1250. The standard InChI is InChI=1S/C22H22N6O3S2/c1-14-15(2)28(13-17-6-4-9-31-17)20(18(14)11-23)25-19(29)7-10-32-22-27-26-21(33-22)24-12-16-5-3-8-30-16/h3-6,8-9H,7,10,12-13H2,1-2H3,(H,24,26)(H,25,29). The molecule has 0 aliphatic heterocycles. The fourth-order valence-electron chi connectivity index (χ4n) is 3.23. The minimum Gasteiger partial charge on any atom is -0.467 e. The predicted octanol–water partition coefficient (Wildman–Crippen LogP) is 4.80. The van der Waals surface area contributed by atoms with Gasteiger partial charge in [-0.3, -0.25) is 4.79 Å². The Hall–Kier alpha value is -3.49. The number of nitriles is 1. The zero-order valence-electron chi connectivity index (χ0n) is 18.1. The van der Waals surface area contributed by atoms with Gasteiger partial charge in [0.2, 0.25) is 11.0 Å². The van der Waals surface area contributed by atoms with Gasteiger partial charge in [0.25, 0.3) is 0 Å². The molecule has 0 fully saturated rings. The van der Waals surface area contributed by atoms with E-state index in [1.165, 1.54) is 23.1 Å². The van der Waals surface area contributed by atoms with Crippen molar-refractivity contribution in [1.82, 2.24) is 14.8 Å². The van der Waals surface area contributed by atoms with E-state index in [-0.39, 0.29) is 12.3 Å². The lowest BCUT2D eigenvalue weighted by Gasteiger charge is -2.11. The summed E-state index contributed by atoms with van der Waals surface area (Å²) in [5, 5.41) is 24.7. The van der Waals surface area contributed by atoms with Gasteiger partial charge in [0.1, 0.15) is 23.4 Å². The van der Waals surface area contributed by atoms with Crippen LogP contribution in [-0.4, -0.2) is 26.4 Å². The molecule has 4 aromatic rings. The van der Waals surface area contributed by atoms with Crippen LogP contribution >= 0.6 is 23.1 Å². The van der Waals surface area contributed by atoms with Crippen molar-refractivity contribution in [3.63, 3.8) is 0 Å². The summed E-state index contributed by atoms with van der Waals surface area (Å²) in [5.74, 6) is 2.43. The molecule has 170 valence electrons. The first kappa shape index (κ1) is 22.7. The molecule has 0 saturated heterocycles. The number of anilines is 2. The van der Waals surface area contributed by atoms with Crippen LogP contribution in [-0.2, 0) is 17.9 Å². The number of carbonyl (C=O) groups excluding carboxylic acids is 1. The maximum atomic E-state index is 12.7. The maximum absolute atomic E-state index is 12.7. The fourth-order valence-corrected chi connectivity index (χ4v) is 4.98. The molecule has 0 atom stereocenters. The third kappa shape index (κ3) is 5.47. The van der Waals surface area contributed by atoms with Crippen LogP contribution in [0.25, 0.3) is 0 Å². The van der Waals surface area contributed by atoms with E-state index in [2.05, 4.69) is 26.9 Å². The van der Waals surface area contributed by atoms with Crippen molar-refractivity contribution in [2.24, 2.45) is 0 Å². The molecule has 2 N–H and O–H groups in total. The summed E-state index contributed by atoms with van der Waals surface area (Å²) in [6.07, 6.45) is 3.50. The molecule has 0 saturated carbocycles. The molecule has 4 heterocycles. The Morgan fingerprint density at radius 3 is 2.67 bits per heavy atom. The van der Waals surface area contributed by atoms with Gasteiger partial charge in [0.15, 0.2) is 4.34 Å². The van der Waals surface area contributed by atoms with Gasteiger partial charge in [-0.25, -0.2) is 0 Å². The van der Waals surface area contributed by atoms with Crippen molar-refractivity contribution < 1.29 is 13.6 Å². The second kappa shape index (κ2) is 10.4. The highest BCUT2D eigenvalue weighted by Crippen LogP contribution is 2.29. The van der Waals surface area contributed by atoms with Crippen LogP contribution in [0.3, 0.4) is 0 Å². The third-order valence-electron chi connectivity index (χ3n) is 5.05. The Kier molecular flexibility index (Phi) is 7.16. The fraction of sp³-hybridized carbons (Fsp3) is 0.273. The first-order valence-electron chi connectivity index (χ1n) is 10.2. The molecular weight excluding hydrogens is 460 g/mol. The molecule has 4 rings (SSSR count). The molecule has 0 aromatic carbocycles. The van der Waals surface area contributed by atoms with E-state index < -0.39 is 0 Å². The molecule has 1 amide bonds. The van der Waals surface area contributed by atoms with Gasteiger partial charge in [0, 0.05) is 17.9 Å². The van der Waals surface area contributed by atoms with Gasteiger partial charge in [-0.05, 0) is 43.7 Å². The summed E-state index contributed by atoms with van der Waals surface area (Å²) in [4.78, 5) is 12.7. The Balaban J connectivity index is 1.33. The number of thioether (sulfide) groups is 1. The number of aromatic nitrogens is 3. The first-order valence-corrected chi connectivity index (χ1v) is 12.0. The zero-order valence-corrected chi connectivity index (χ0v) is 19.8. The number of nitrogens with one attached hydrogen (secondary N) is 2. The molecule has 4 aromatic heterocycles. The molecule has 0 spiro atoms. The lowest BCUT2D eigenvalue weighted by molar-refractivity contribution is -0.115. The molecule has 0 aliphatic carbocycles. The van der Waals surface area contributed by atoms with Crippen LogP contribution in [0.15, 0.2) is 50.0 Å². The van der Waals surface area contributed by atoms with Crippen molar-refractivity contribution in [2.45, 2.75) is 37.7 Å². The lowest BCUT2D eigenvalue weighted by atomic mass is 10.2. The summed E-state index contributed by atoms with van der Waals surface area (Å²) in [7, 11) is 0. The van der Waals surface area contributed by atoms with E-state index in [0.29, 0.717) is 35.4 Å². The molecule has 9 nitrogen and oxygen atoms in total. The van der Waals surface area contributed by atoms with E-state index in [9.17, 15) is 10.1 Å². The van der Waals surface area contributed by atoms with Gasteiger partial charge in [-0.1, -0.05) is 23.1 Å². The highest BCUT2D eigenvalue weighted by Gasteiger charge is 2.20. The van der Waals surface area contributed by atoms with E-state index >= 15 is 0 Å². The summed E-state index contributed by atoms with van der Waals surface area (Å²) < 4.78 is 13.4. The van der Waals surface area contributed by atoms with E-state index in [1.807, 2.05) is 42.7 Å². The largest absolute Gasteiger partial charge is 0.467 e. The van der Waals surface area contributed by atoms with Gasteiger partial charge >= 0.3 is 0 Å². The number of hydrogen-bond donors (Lipinski definition) is 2. The SMILES string of the molecule is Cc1c(C#N)c(NC(=O)CCSc2nnc(NCc3ccco3)s2)n(Cc2ccco2)c1C. The molecule has 0 aliphatic rings. The van der Waals surface area contributed by atoms with Crippen molar-refractivity contribution in [3.05, 3.63) is 65.1 Å². The minimum absolute atomic E-state index is 0.169. The normalized spacial score (nSPS) is 10.8. The van der Waals surface area contributed by atoms with Crippen LogP contribution in [0.5, 0.6) is 0 Å². The van der Waals surface area contributed by atoms with Crippen LogP contribution < -0.4 is 10.6 Å². The predicted molar refractivity (Wildman–Crippen MR) is 126 cm³/mol. The maximum Gasteiger partial charge on any atom is 0.226 e. The molecule has 0 radical (unpaired) electrons. The molecule has 11 heteroatoms. The average Bonchev–Trinajstić information content (AvgIpc) is 3.60. The average molecular weight is 483 g/mol. The van der Waals surface area contributed by atoms with Crippen molar-refractivity contribution in [2.75, 3.05) is 16.4 Å². The van der Waals surface area contributed by atoms with Crippen molar-refractivity contribution in [1.29, 1.82) is 5.26 Å². The number of furan rings is 2. The number of carbonyl (C=O) groups is 1. The number of amides is 1. The molecule has 0 unspecified atom stereocenters. The van der Waals surface area contributed by atoms with E-state index in [0.717, 1.165) is 27.1 Å². The monoisotopic (exact) mass is 482 g/mol. The van der Waals surface area contributed by atoms with Crippen LogP contribution in [0.4, 0.5) is 10.9 Å². The third-order valence-corrected chi connectivity index (χ3v) is 7.06. The Morgan fingerprint density at radius 2 is 1.97 bits per heavy atom.